The number of methoxy groups -OCH3 is 1. The van der Waals surface area contributed by atoms with E-state index in [4.69, 9.17) is 9.47 Å². The van der Waals surface area contributed by atoms with Crippen molar-refractivity contribution in [2.75, 3.05) is 25.6 Å². The Hall–Kier alpha value is -4.18. The highest BCUT2D eigenvalue weighted by molar-refractivity contribution is 8.15. The molecule has 0 saturated carbocycles. The molecule has 10 heteroatoms. The smallest absolute Gasteiger partial charge is 0.338 e. The van der Waals surface area contributed by atoms with Gasteiger partial charge >= 0.3 is 5.97 Å². The van der Waals surface area contributed by atoms with Crippen molar-refractivity contribution in [2.24, 2.45) is 4.99 Å². The Morgan fingerprint density at radius 3 is 2.38 bits per heavy atom. The molecule has 3 aromatic rings. The number of anilines is 1. The van der Waals surface area contributed by atoms with Crippen molar-refractivity contribution in [1.82, 2.24) is 4.90 Å². The average Bonchev–Trinajstić information content (AvgIpc) is 2.94. The third-order valence-corrected chi connectivity index (χ3v) is 7.12. The van der Waals surface area contributed by atoms with E-state index in [1.54, 1.807) is 79.6 Å². The summed E-state index contributed by atoms with van der Waals surface area (Å²) >= 11 is 1.20. The van der Waals surface area contributed by atoms with Crippen molar-refractivity contribution in [3.63, 3.8) is 0 Å². The molecule has 1 N–H and O–H groups in total. The lowest BCUT2D eigenvalue weighted by atomic mass is 10.1. The number of nitrogens with zero attached hydrogens (tertiary/aromatic N) is 2. The summed E-state index contributed by atoms with van der Waals surface area (Å²) in [5.74, 6) is -0.664. The average molecular weight is 550 g/mol. The fourth-order valence-corrected chi connectivity index (χ4v) is 4.97. The lowest BCUT2D eigenvalue weighted by molar-refractivity contribution is -0.129. The molecule has 0 spiro atoms. The van der Waals surface area contributed by atoms with Gasteiger partial charge in [-0.15, -0.1) is 0 Å². The molecular weight excluding hydrogens is 521 g/mol. The number of hydrogen-bond acceptors (Lipinski definition) is 7. The number of rotatable bonds is 9. The van der Waals surface area contributed by atoms with Crippen molar-refractivity contribution in [3.8, 4) is 5.75 Å². The van der Waals surface area contributed by atoms with E-state index < -0.39 is 11.2 Å². The Bertz CT molecular complexity index is 1340. The van der Waals surface area contributed by atoms with Crippen LogP contribution in [0.5, 0.6) is 5.75 Å². The first-order chi connectivity index (χ1) is 18.9. The number of amidine groups is 1. The maximum absolute atomic E-state index is 13.3. The van der Waals surface area contributed by atoms with Gasteiger partial charge in [0.25, 0.3) is 0 Å². The zero-order valence-electron chi connectivity index (χ0n) is 21.6. The van der Waals surface area contributed by atoms with E-state index >= 15 is 0 Å². The van der Waals surface area contributed by atoms with E-state index in [1.807, 2.05) is 0 Å². The Balaban J connectivity index is 1.55. The molecule has 1 aliphatic heterocycles. The maximum atomic E-state index is 13.3. The Labute approximate surface area is 230 Å². The molecule has 0 unspecified atom stereocenters. The monoisotopic (exact) mass is 549 g/mol. The molecule has 3 aromatic carbocycles. The Morgan fingerprint density at radius 1 is 1.05 bits per heavy atom. The number of amides is 2. The van der Waals surface area contributed by atoms with E-state index in [-0.39, 0.29) is 30.7 Å². The topological polar surface area (TPSA) is 97.3 Å². The van der Waals surface area contributed by atoms with Crippen LogP contribution in [0.15, 0.2) is 77.8 Å². The van der Waals surface area contributed by atoms with Crippen LogP contribution in [0.3, 0.4) is 0 Å². The van der Waals surface area contributed by atoms with Gasteiger partial charge in [-0.3, -0.25) is 14.5 Å². The zero-order chi connectivity index (χ0) is 27.8. The summed E-state index contributed by atoms with van der Waals surface area (Å²) < 4.78 is 23.5. The summed E-state index contributed by atoms with van der Waals surface area (Å²) in [6.45, 7) is 2.31. The van der Waals surface area contributed by atoms with E-state index in [2.05, 4.69) is 10.3 Å². The summed E-state index contributed by atoms with van der Waals surface area (Å²) in [5.41, 5.74) is 2.35. The minimum atomic E-state index is -0.695. The minimum absolute atomic E-state index is 0.00309. The molecule has 39 heavy (non-hydrogen) atoms. The van der Waals surface area contributed by atoms with E-state index in [0.717, 1.165) is 5.56 Å². The molecule has 0 bridgehead atoms. The Morgan fingerprint density at radius 2 is 1.74 bits per heavy atom. The number of halogens is 1. The number of nitrogens with one attached hydrogen (secondary N) is 1. The van der Waals surface area contributed by atoms with Gasteiger partial charge in [-0.25, -0.2) is 14.2 Å². The van der Waals surface area contributed by atoms with Gasteiger partial charge in [-0.2, -0.15) is 0 Å². The molecule has 4 rings (SSSR count). The summed E-state index contributed by atoms with van der Waals surface area (Å²) in [6, 6.07) is 19.5. The highest BCUT2D eigenvalue weighted by Crippen LogP contribution is 2.30. The van der Waals surface area contributed by atoms with E-state index in [0.29, 0.717) is 40.8 Å². The quantitative estimate of drug-likeness (QED) is 0.368. The zero-order valence-corrected chi connectivity index (χ0v) is 22.4. The normalized spacial score (nSPS) is 16.2. The summed E-state index contributed by atoms with van der Waals surface area (Å²) in [5, 5.41) is 2.52. The second-order valence-electron chi connectivity index (χ2n) is 8.61. The molecule has 202 valence electrons. The number of benzene rings is 3. The lowest BCUT2D eigenvalue weighted by Gasteiger charge is -2.32. The van der Waals surface area contributed by atoms with Crippen LogP contribution in [0.2, 0.25) is 0 Å². The molecular formula is C29H28FN3O5S. The Kier molecular flexibility index (Phi) is 9.32. The number of aliphatic imine (C=N–C) groups is 1. The number of thioether (sulfide) groups is 1. The number of ether oxygens (including phenoxy) is 2. The van der Waals surface area contributed by atoms with Crippen LogP contribution in [0.1, 0.15) is 29.3 Å². The van der Waals surface area contributed by atoms with Gasteiger partial charge in [-0.05, 0) is 79.6 Å². The van der Waals surface area contributed by atoms with Gasteiger partial charge < -0.3 is 14.8 Å². The van der Waals surface area contributed by atoms with Crippen LogP contribution in [0, 0.1) is 5.82 Å². The van der Waals surface area contributed by atoms with Gasteiger partial charge in [0, 0.05) is 18.7 Å². The number of hydrogen-bond donors (Lipinski definition) is 1. The molecule has 0 aliphatic carbocycles. The number of carbonyl (C=O) groups is 3. The lowest BCUT2D eigenvalue weighted by Crippen LogP contribution is -2.46. The molecule has 1 aliphatic rings. The molecule has 1 atom stereocenters. The van der Waals surface area contributed by atoms with Crippen molar-refractivity contribution in [2.45, 2.75) is 25.0 Å². The van der Waals surface area contributed by atoms with Crippen LogP contribution in [-0.2, 0) is 20.7 Å². The van der Waals surface area contributed by atoms with Crippen LogP contribution in [-0.4, -0.2) is 53.4 Å². The molecule has 1 saturated heterocycles. The number of esters is 1. The molecule has 0 radical (unpaired) electrons. The van der Waals surface area contributed by atoms with Gasteiger partial charge in [0.05, 0.1) is 25.0 Å². The van der Waals surface area contributed by atoms with Crippen LogP contribution < -0.4 is 10.1 Å². The number of carbonyl (C=O) groups excluding carboxylic acids is 3. The van der Waals surface area contributed by atoms with Crippen LogP contribution in [0.4, 0.5) is 15.8 Å². The maximum Gasteiger partial charge on any atom is 0.338 e. The van der Waals surface area contributed by atoms with Crippen molar-refractivity contribution < 1.29 is 28.2 Å². The second kappa shape index (κ2) is 13.1. The molecule has 1 fully saturated rings. The molecule has 8 nitrogen and oxygen atoms in total. The largest absolute Gasteiger partial charge is 0.497 e. The summed E-state index contributed by atoms with van der Waals surface area (Å²) in [7, 11) is 1.56. The SMILES string of the molecule is CCOC(=O)c1ccc(N=C2S[C@H](C(=O)Nc3ccc(OC)cc3)CC(=O)N2CCc2ccc(F)cc2)cc1. The molecule has 2 amide bonds. The fraction of sp³-hybridized carbons (Fsp3) is 0.241. The van der Waals surface area contributed by atoms with Crippen LogP contribution >= 0.6 is 11.8 Å². The van der Waals surface area contributed by atoms with Gasteiger partial charge in [0.1, 0.15) is 16.8 Å². The predicted molar refractivity (Wildman–Crippen MR) is 149 cm³/mol. The third-order valence-electron chi connectivity index (χ3n) is 5.93. The van der Waals surface area contributed by atoms with Crippen molar-refractivity contribution >= 4 is 46.1 Å². The van der Waals surface area contributed by atoms with E-state index in [9.17, 15) is 18.8 Å². The van der Waals surface area contributed by atoms with Gasteiger partial charge in [0.2, 0.25) is 11.8 Å². The standard InChI is InChI=1S/C29H28FN3O5S/c1-3-38-28(36)20-6-10-23(11-7-20)32-29-33(17-16-19-4-8-21(30)9-5-19)26(34)18-25(39-29)27(35)31-22-12-14-24(37-2)15-13-22/h4-15,25H,3,16-18H2,1-2H3,(H,31,35)/t25-/m0/s1. The fourth-order valence-electron chi connectivity index (χ4n) is 3.85. The first-order valence-electron chi connectivity index (χ1n) is 12.4. The van der Waals surface area contributed by atoms with Crippen LogP contribution in [0.25, 0.3) is 0 Å². The predicted octanol–water partition coefficient (Wildman–Crippen LogP) is 5.21. The first-order valence-corrected chi connectivity index (χ1v) is 13.3. The van der Waals surface area contributed by atoms with Gasteiger partial charge in [-0.1, -0.05) is 23.9 Å². The van der Waals surface area contributed by atoms with Crippen molar-refractivity contribution in [3.05, 3.63) is 89.7 Å². The summed E-state index contributed by atoms with van der Waals surface area (Å²) in [6.07, 6.45) is 0.479. The molecule has 1 heterocycles. The first kappa shape index (κ1) is 27.8. The van der Waals surface area contributed by atoms with Gasteiger partial charge in [0.15, 0.2) is 5.17 Å². The van der Waals surface area contributed by atoms with Crippen molar-refractivity contribution in [1.29, 1.82) is 0 Å². The minimum Gasteiger partial charge on any atom is -0.497 e. The second-order valence-corrected chi connectivity index (χ2v) is 9.78. The highest BCUT2D eigenvalue weighted by atomic mass is 32.2. The molecule has 0 aromatic heterocycles. The van der Waals surface area contributed by atoms with E-state index in [1.165, 1.54) is 23.9 Å². The summed E-state index contributed by atoms with van der Waals surface area (Å²) in [4.78, 5) is 44.5. The highest BCUT2D eigenvalue weighted by Gasteiger charge is 2.35. The third kappa shape index (κ3) is 7.44.